The molecule has 3 rings (SSSR count). The molecule has 2 aromatic rings. The molecular weight excluding hydrogens is 394 g/mol. The van der Waals surface area contributed by atoms with Crippen molar-refractivity contribution >= 4 is 11.7 Å². The second-order valence-electron chi connectivity index (χ2n) is 9.03. The van der Waals surface area contributed by atoms with Gasteiger partial charge in [-0.05, 0) is 44.5 Å². The number of ether oxygens (including phenoxy) is 1. The van der Waals surface area contributed by atoms with Crippen LogP contribution < -0.4 is 4.74 Å². The van der Waals surface area contributed by atoms with Crippen LogP contribution in [0.25, 0.3) is 0 Å². The minimum atomic E-state index is -0.759. The number of aliphatic hydroxyl groups excluding tert-OH is 1. The van der Waals surface area contributed by atoms with E-state index >= 15 is 0 Å². The third kappa shape index (κ3) is 4.74. The summed E-state index contributed by atoms with van der Waals surface area (Å²) in [5.41, 5.74) is 1.05. The number of rotatable bonds is 6. The summed E-state index contributed by atoms with van der Waals surface area (Å²) in [5, 5.41) is 20.3. The quantitative estimate of drug-likeness (QED) is 0.704. The molecule has 1 atom stereocenters. The number of para-hydroxylation sites is 1. The first-order valence-electron chi connectivity index (χ1n) is 10.3. The summed E-state index contributed by atoms with van der Waals surface area (Å²) in [7, 11) is 0. The van der Waals surface area contributed by atoms with E-state index in [0.717, 1.165) is 5.56 Å². The highest BCUT2D eigenvalue weighted by atomic mass is 16.5. The van der Waals surface area contributed by atoms with Crippen molar-refractivity contribution in [2.75, 3.05) is 0 Å². The number of phenols is 1. The van der Waals surface area contributed by atoms with Crippen LogP contribution in [0.2, 0.25) is 0 Å². The lowest BCUT2D eigenvalue weighted by atomic mass is 9.91. The van der Waals surface area contributed by atoms with Gasteiger partial charge >= 0.3 is 0 Å². The number of Topliss-reactive ketones (excluding diaryl/α,β-unsaturated/α-hetero) is 1. The lowest BCUT2D eigenvalue weighted by molar-refractivity contribution is -0.130. The summed E-state index contributed by atoms with van der Waals surface area (Å²) in [4.78, 5) is 27.5. The highest BCUT2D eigenvalue weighted by molar-refractivity contribution is 6.09. The zero-order valence-corrected chi connectivity index (χ0v) is 18.5. The first kappa shape index (κ1) is 22.4. The molecule has 0 bridgehead atoms. The summed E-state index contributed by atoms with van der Waals surface area (Å²) in [6.07, 6.45) is 0. The maximum atomic E-state index is 13.1. The second kappa shape index (κ2) is 8.46. The first-order valence-corrected chi connectivity index (χ1v) is 10.3. The van der Waals surface area contributed by atoms with Crippen molar-refractivity contribution < 1.29 is 24.5 Å². The smallest absolute Gasteiger partial charge is 0.290 e. The lowest BCUT2D eigenvalue weighted by Gasteiger charge is -2.29. The fraction of sp³-hybridized carbons (Fsp3) is 0.360. The van der Waals surface area contributed by atoms with E-state index in [1.54, 1.807) is 26.0 Å². The Morgan fingerprint density at radius 3 is 2.26 bits per heavy atom. The SMILES string of the molecule is CC(C)C(=O)C1=C(O)C(=O)N(Cc2ccccc2OC(C)(C)C)C1c1ccc(O)cc1. The zero-order chi connectivity index (χ0) is 22.9. The van der Waals surface area contributed by atoms with Crippen LogP contribution in [0.1, 0.15) is 51.8 Å². The summed E-state index contributed by atoms with van der Waals surface area (Å²) in [5.74, 6) is -1.09. The van der Waals surface area contributed by atoms with Crippen molar-refractivity contribution in [2.45, 2.75) is 52.8 Å². The van der Waals surface area contributed by atoms with E-state index in [4.69, 9.17) is 4.74 Å². The van der Waals surface area contributed by atoms with Gasteiger partial charge in [-0.1, -0.05) is 44.2 Å². The molecule has 1 aliphatic heterocycles. The molecule has 2 N–H and O–H groups in total. The van der Waals surface area contributed by atoms with Gasteiger partial charge in [-0.25, -0.2) is 0 Å². The molecular formula is C25H29NO5. The zero-order valence-electron chi connectivity index (χ0n) is 18.5. The third-order valence-electron chi connectivity index (χ3n) is 5.03. The molecule has 0 aromatic heterocycles. The summed E-state index contributed by atoms with van der Waals surface area (Å²) >= 11 is 0. The van der Waals surface area contributed by atoms with E-state index < -0.39 is 23.3 Å². The molecule has 2 aromatic carbocycles. The van der Waals surface area contributed by atoms with Crippen molar-refractivity contribution in [1.82, 2.24) is 4.90 Å². The highest BCUT2D eigenvalue weighted by Crippen LogP contribution is 2.41. The van der Waals surface area contributed by atoms with Crippen molar-refractivity contribution in [3.63, 3.8) is 0 Å². The number of ketones is 1. The number of phenolic OH excluding ortho intramolecular Hbond substituents is 1. The van der Waals surface area contributed by atoms with Gasteiger partial charge in [0.1, 0.15) is 17.1 Å². The maximum Gasteiger partial charge on any atom is 0.290 e. The Morgan fingerprint density at radius 2 is 1.68 bits per heavy atom. The Kier molecular flexibility index (Phi) is 6.11. The third-order valence-corrected chi connectivity index (χ3v) is 5.03. The van der Waals surface area contributed by atoms with Gasteiger partial charge in [0.05, 0.1) is 18.2 Å². The van der Waals surface area contributed by atoms with E-state index in [1.165, 1.54) is 17.0 Å². The number of hydrogen-bond donors (Lipinski definition) is 2. The van der Waals surface area contributed by atoms with Crippen molar-refractivity contribution in [2.24, 2.45) is 5.92 Å². The first-order chi connectivity index (χ1) is 14.5. The summed E-state index contributed by atoms with van der Waals surface area (Å²) in [6, 6.07) is 13.0. The van der Waals surface area contributed by atoms with Gasteiger partial charge in [0.25, 0.3) is 5.91 Å². The van der Waals surface area contributed by atoms with E-state index in [-0.39, 0.29) is 29.6 Å². The fourth-order valence-corrected chi connectivity index (χ4v) is 3.63. The van der Waals surface area contributed by atoms with Crippen molar-refractivity contribution in [3.05, 3.63) is 71.0 Å². The molecule has 31 heavy (non-hydrogen) atoms. The van der Waals surface area contributed by atoms with E-state index in [0.29, 0.717) is 11.3 Å². The fourth-order valence-electron chi connectivity index (χ4n) is 3.63. The molecule has 6 heteroatoms. The van der Waals surface area contributed by atoms with Gasteiger partial charge in [-0.2, -0.15) is 0 Å². The molecule has 0 spiro atoms. The number of aliphatic hydroxyl groups is 1. The molecule has 0 aliphatic carbocycles. The van der Waals surface area contributed by atoms with Gasteiger partial charge in [0.15, 0.2) is 11.5 Å². The van der Waals surface area contributed by atoms with Gasteiger partial charge in [0, 0.05) is 11.5 Å². The normalized spacial score (nSPS) is 16.9. The highest BCUT2D eigenvalue weighted by Gasteiger charge is 2.44. The van der Waals surface area contributed by atoms with Gasteiger partial charge in [0.2, 0.25) is 0 Å². The molecule has 0 radical (unpaired) electrons. The van der Waals surface area contributed by atoms with Crippen LogP contribution in [0.15, 0.2) is 59.9 Å². The van der Waals surface area contributed by atoms with Crippen LogP contribution in [0, 0.1) is 5.92 Å². The monoisotopic (exact) mass is 423 g/mol. The van der Waals surface area contributed by atoms with Gasteiger partial charge in [-0.15, -0.1) is 0 Å². The van der Waals surface area contributed by atoms with Gasteiger partial charge in [-0.3, -0.25) is 9.59 Å². The standard InChI is InChI=1S/C25H29NO5/c1-15(2)22(28)20-21(16-10-12-18(27)13-11-16)26(24(30)23(20)29)14-17-8-6-7-9-19(17)31-25(3,4)5/h6-13,15,21,27,29H,14H2,1-5H3. The Morgan fingerprint density at radius 1 is 1.06 bits per heavy atom. The number of amides is 1. The van der Waals surface area contributed by atoms with E-state index in [2.05, 4.69) is 0 Å². The molecule has 0 saturated carbocycles. The second-order valence-corrected chi connectivity index (χ2v) is 9.03. The van der Waals surface area contributed by atoms with Crippen LogP contribution in [-0.4, -0.2) is 32.4 Å². The van der Waals surface area contributed by atoms with E-state index in [1.807, 2.05) is 45.0 Å². The summed E-state index contributed by atoms with van der Waals surface area (Å²) < 4.78 is 6.06. The van der Waals surface area contributed by atoms with E-state index in [9.17, 15) is 19.8 Å². The van der Waals surface area contributed by atoms with Crippen LogP contribution >= 0.6 is 0 Å². The Hall–Kier alpha value is -3.28. The van der Waals surface area contributed by atoms with Crippen molar-refractivity contribution in [3.8, 4) is 11.5 Å². The Bertz CT molecular complexity index is 1010. The minimum absolute atomic E-state index is 0.0773. The number of hydrogen-bond acceptors (Lipinski definition) is 5. The molecule has 1 aliphatic rings. The average molecular weight is 424 g/mol. The lowest BCUT2D eigenvalue weighted by Crippen LogP contribution is -2.32. The topological polar surface area (TPSA) is 87.1 Å². The Labute approximate surface area is 182 Å². The van der Waals surface area contributed by atoms with Crippen LogP contribution in [0.4, 0.5) is 0 Å². The number of benzene rings is 2. The van der Waals surface area contributed by atoms with Gasteiger partial charge < -0.3 is 19.8 Å². The molecule has 1 heterocycles. The molecule has 164 valence electrons. The minimum Gasteiger partial charge on any atom is -0.508 e. The Balaban J connectivity index is 2.06. The molecule has 0 saturated heterocycles. The van der Waals surface area contributed by atoms with Crippen LogP contribution in [-0.2, 0) is 16.1 Å². The largest absolute Gasteiger partial charge is 0.508 e. The number of carbonyl (C=O) groups excluding carboxylic acids is 2. The predicted molar refractivity (Wildman–Crippen MR) is 118 cm³/mol. The molecule has 0 fully saturated rings. The van der Waals surface area contributed by atoms with Crippen LogP contribution in [0.3, 0.4) is 0 Å². The average Bonchev–Trinajstić information content (AvgIpc) is 2.93. The van der Waals surface area contributed by atoms with Crippen LogP contribution in [0.5, 0.6) is 11.5 Å². The number of nitrogens with zero attached hydrogens (tertiary/aromatic N) is 1. The predicted octanol–water partition coefficient (Wildman–Crippen LogP) is 4.69. The molecule has 6 nitrogen and oxygen atoms in total. The number of aromatic hydroxyl groups is 1. The maximum absolute atomic E-state index is 13.1. The summed E-state index contributed by atoms with van der Waals surface area (Å²) in [6.45, 7) is 9.44. The van der Waals surface area contributed by atoms with Crippen molar-refractivity contribution in [1.29, 1.82) is 0 Å². The molecule has 1 unspecified atom stereocenters. The number of carbonyl (C=O) groups is 2. The molecule has 1 amide bonds.